The Morgan fingerprint density at radius 2 is 1.97 bits per heavy atom. The van der Waals surface area contributed by atoms with Crippen molar-refractivity contribution in [1.29, 1.82) is 0 Å². The number of nitrogens with zero attached hydrogens (tertiary/aromatic N) is 4. The molecule has 33 heavy (non-hydrogen) atoms. The smallest absolute Gasteiger partial charge is 0.230 e. The minimum absolute atomic E-state index is 0.0227. The summed E-state index contributed by atoms with van der Waals surface area (Å²) >= 11 is 0. The fourth-order valence-corrected chi connectivity index (χ4v) is 7.92. The number of oxime groups is 1. The van der Waals surface area contributed by atoms with E-state index < -0.39 is 0 Å². The van der Waals surface area contributed by atoms with Crippen LogP contribution in [0.2, 0.25) is 0 Å². The molecule has 1 aromatic rings. The lowest BCUT2D eigenvalue weighted by Crippen LogP contribution is -2.53. The van der Waals surface area contributed by atoms with E-state index in [4.69, 9.17) is 9.36 Å². The van der Waals surface area contributed by atoms with Gasteiger partial charge in [0.1, 0.15) is 12.4 Å². The predicted octanol–water partition coefficient (Wildman–Crippen LogP) is 4.66. The summed E-state index contributed by atoms with van der Waals surface area (Å²) in [5.41, 5.74) is 1.58. The zero-order chi connectivity index (χ0) is 23.2. The highest BCUT2D eigenvalue weighted by Crippen LogP contribution is 2.65. The average Bonchev–Trinajstić information content (AvgIpc) is 3.34. The topological polar surface area (TPSA) is 80.8 Å². The summed E-state index contributed by atoms with van der Waals surface area (Å²) in [5.74, 6) is 4.70. The molecule has 1 heterocycles. The molecule has 4 saturated carbocycles. The van der Waals surface area contributed by atoms with Crippen LogP contribution in [0.15, 0.2) is 9.68 Å². The first kappa shape index (κ1) is 23.0. The van der Waals surface area contributed by atoms with Crippen LogP contribution in [-0.2, 0) is 22.6 Å². The second-order valence-corrected chi connectivity index (χ2v) is 11.9. The van der Waals surface area contributed by atoms with Crippen LogP contribution < -0.4 is 0 Å². The van der Waals surface area contributed by atoms with Gasteiger partial charge < -0.3 is 14.3 Å². The fraction of sp³-hybridized carbons (Fsp3) is 0.846. The molecule has 7 heteroatoms. The minimum Gasteiger partial charge on any atom is -0.395 e. The molecule has 7 nitrogen and oxygen atoms in total. The molecule has 0 saturated heterocycles. The van der Waals surface area contributed by atoms with E-state index in [1.54, 1.807) is 0 Å². The molecular formula is C26H40N4O3. The molecule has 4 aliphatic rings. The Labute approximate surface area is 197 Å². The largest absolute Gasteiger partial charge is 0.395 e. The SMILES string of the molecule is CN(C)Cc1noc(CCON=C2CC[C@@]3(C)C(CCC4C3CC[C@]3(C)C(=O)CCC43)C2)n1. The standard InChI is InChI=1S/C26H40N4O3/c1-25-12-9-18(28-32-14-11-24-27-23(29-33-24)16-30(3)4)15-17(25)5-6-19-20-7-8-22(31)26(20,2)13-10-21(19)25/h17,19-21H,5-16H2,1-4H3/t17?,19?,20?,21?,25-,26-/m0/s1. The van der Waals surface area contributed by atoms with Crippen LogP contribution in [0.25, 0.3) is 0 Å². The first-order chi connectivity index (χ1) is 15.8. The van der Waals surface area contributed by atoms with Crippen LogP contribution in [0, 0.1) is 34.5 Å². The number of carbonyl (C=O) groups is 1. The van der Waals surface area contributed by atoms with Crippen LogP contribution in [0.5, 0.6) is 0 Å². The molecule has 1 aromatic heterocycles. The van der Waals surface area contributed by atoms with Gasteiger partial charge in [-0.15, -0.1) is 0 Å². The van der Waals surface area contributed by atoms with Gasteiger partial charge in [0.15, 0.2) is 5.82 Å². The monoisotopic (exact) mass is 456 g/mol. The Kier molecular flexibility index (Phi) is 6.13. The maximum absolute atomic E-state index is 12.6. The number of carbonyl (C=O) groups excluding carboxylic acids is 1. The van der Waals surface area contributed by atoms with Crippen molar-refractivity contribution in [2.75, 3.05) is 20.7 Å². The van der Waals surface area contributed by atoms with Crippen LogP contribution >= 0.6 is 0 Å². The first-order valence-electron chi connectivity index (χ1n) is 13.0. The van der Waals surface area contributed by atoms with Crippen molar-refractivity contribution in [2.45, 2.75) is 84.6 Å². The Morgan fingerprint density at radius 3 is 2.79 bits per heavy atom. The summed E-state index contributed by atoms with van der Waals surface area (Å²) in [4.78, 5) is 24.7. The molecular weight excluding hydrogens is 416 g/mol. The number of hydrogen-bond donors (Lipinski definition) is 0. The van der Waals surface area contributed by atoms with Gasteiger partial charge in [0.05, 0.1) is 18.7 Å². The van der Waals surface area contributed by atoms with E-state index in [1.165, 1.54) is 31.4 Å². The quantitative estimate of drug-likeness (QED) is 0.457. The van der Waals surface area contributed by atoms with Crippen molar-refractivity contribution in [3.05, 3.63) is 11.7 Å². The second-order valence-electron chi connectivity index (χ2n) is 11.9. The highest BCUT2D eigenvalue weighted by atomic mass is 16.6. The number of aromatic nitrogens is 2. The van der Waals surface area contributed by atoms with Gasteiger partial charge in [-0.3, -0.25) is 4.79 Å². The van der Waals surface area contributed by atoms with Gasteiger partial charge in [-0.05, 0) is 94.5 Å². The average molecular weight is 457 g/mol. The van der Waals surface area contributed by atoms with Crippen molar-refractivity contribution in [1.82, 2.24) is 15.0 Å². The van der Waals surface area contributed by atoms with Crippen molar-refractivity contribution in [3.8, 4) is 0 Å². The molecule has 0 N–H and O–H groups in total. The Bertz CT molecular complexity index is 911. The van der Waals surface area contributed by atoms with Crippen LogP contribution in [0.4, 0.5) is 0 Å². The van der Waals surface area contributed by atoms with Gasteiger partial charge >= 0.3 is 0 Å². The van der Waals surface area contributed by atoms with E-state index in [-0.39, 0.29) is 5.41 Å². The van der Waals surface area contributed by atoms with Crippen LogP contribution in [0.1, 0.15) is 83.3 Å². The van der Waals surface area contributed by atoms with Gasteiger partial charge in [-0.1, -0.05) is 24.2 Å². The van der Waals surface area contributed by atoms with Crippen molar-refractivity contribution in [3.63, 3.8) is 0 Å². The normalized spacial score (nSPS) is 39.4. The number of ketones is 1. The third kappa shape index (κ3) is 4.15. The number of rotatable bonds is 6. The van der Waals surface area contributed by atoms with Gasteiger partial charge in [0.25, 0.3) is 0 Å². The van der Waals surface area contributed by atoms with Crippen LogP contribution in [-0.4, -0.2) is 47.2 Å². The zero-order valence-corrected chi connectivity index (χ0v) is 20.8. The summed E-state index contributed by atoms with van der Waals surface area (Å²) in [6, 6.07) is 0. The molecule has 4 aliphatic carbocycles. The van der Waals surface area contributed by atoms with E-state index in [1.807, 2.05) is 19.0 Å². The molecule has 0 radical (unpaired) electrons. The van der Waals surface area contributed by atoms with Crippen molar-refractivity contribution >= 4 is 11.5 Å². The molecule has 0 aromatic carbocycles. The summed E-state index contributed by atoms with van der Waals surface area (Å²) in [6.45, 7) is 5.96. The second kappa shape index (κ2) is 8.79. The third-order valence-electron chi connectivity index (χ3n) is 9.78. The summed E-state index contributed by atoms with van der Waals surface area (Å²) in [5, 5.41) is 8.53. The highest BCUT2D eigenvalue weighted by molar-refractivity contribution is 5.87. The predicted molar refractivity (Wildman–Crippen MR) is 126 cm³/mol. The Morgan fingerprint density at radius 1 is 1.12 bits per heavy atom. The van der Waals surface area contributed by atoms with E-state index in [0.717, 1.165) is 43.9 Å². The molecule has 4 unspecified atom stereocenters. The minimum atomic E-state index is -0.0227. The van der Waals surface area contributed by atoms with Gasteiger partial charge in [0.2, 0.25) is 5.89 Å². The van der Waals surface area contributed by atoms with E-state index >= 15 is 0 Å². The van der Waals surface area contributed by atoms with Gasteiger partial charge in [-0.2, -0.15) is 4.98 Å². The highest BCUT2D eigenvalue weighted by Gasteiger charge is 2.60. The molecule has 0 aliphatic heterocycles. The summed E-state index contributed by atoms with van der Waals surface area (Å²) < 4.78 is 5.30. The van der Waals surface area contributed by atoms with E-state index in [0.29, 0.717) is 54.3 Å². The lowest BCUT2D eigenvalue weighted by atomic mass is 9.45. The molecule has 6 atom stereocenters. The third-order valence-corrected chi connectivity index (χ3v) is 9.78. The molecule has 0 spiro atoms. The lowest BCUT2D eigenvalue weighted by molar-refractivity contribution is -0.137. The van der Waals surface area contributed by atoms with Crippen molar-refractivity contribution < 1.29 is 14.2 Å². The maximum Gasteiger partial charge on any atom is 0.230 e. The Hall–Kier alpha value is -1.76. The molecule has 5 rings (SSSR count). The first-order valence-corrected chi connectivity index (χ1v) is 13.0. The fourth-order valence-electron chi connectivity index (χ4n) is 7.92. The van der Waals surface area contributed by atoms with Gasteiger partial charge in [-0.25, -0.2) is 0 Å². The van der Waals surface area contributed by atoms with Crippen LogP contribution in [0.3, 0.4) is 0 Å². The molecule has 4 fully saturated rings. The maximum atomic E-state index is 12.6. The van der Waals surface area contributed by atoms with E-state index in [9.17, 15) is 4.79 Å². The van der Waals surface area contributed by atoms with Crippen molar-refractivity contribution in [2.24, 2.45) is 39.7 Å². The number of Topliss-reactive ketones (excluding diaryl/α,β-unsaturated/α-hetero) is 1. The summed E-state index contributed by atoms with van der Waals surface area (Å²) in [6.07, 6.45) is 10.7. The molecule has 0 amide bonds. The number of hydrogen-bond acceptors (Lipinski definition) is 7. The number of fused-ring (bicyclic) bond motifs is 5. The van der Waals surface area contributed by atoms with E-state index in [2.05, 4.69) is 29.1 Å². The molecule has 0 bridgehead atoms. The Balaban J connectivity index is 1.16. The zero-order valence-electron chi connectivity index (χ0n) is 20.8. The molecule has 182 valence electrons. The summed E-state index contributed by atoms with van der Waals surface area (Å²) in [7, 11) is 3.97. The lowest BCUT2D eigenvalue weighted by Gasteiger charge is -2.59. The van der Waals surface area contributed by atoms with Gasteiger partial charge in [0, 0.05) is 11.8 Å².